The van der Waals surface area contributed by atoms with Crippen LogP contribution in [0.2, 0.25) is 0 Å². The molecule has 0 heterocycles. The second-order valence-electron chi connectivity index (χ2n) is 6.32. The van der Waals surface area contributed by atoms with Crippen LogP contribution in [0.25, 0.3) is 0 Å². The molecule has 0 aliphatic heterocycles. The summed E-state index contributed by atoms with van der Waals surface area (Å²) in [5, 5.41) is 2.60. The summed E-state index contributed by atoms with van der Waals surface area (Å²) in [6.07, 6.45) is 0. The highest BCUT2D eigenvalue weighted by molar-refractivity contribution is 7.92. The molecule has 1 amide bonds. The molecule has 0 spiro atoms. The van der Waals surface area contributed by atoms with E-state index in [9.17, 15) is 17.6 Å². The molecule has 3 aromatic carbocycles. The highest BCUT2D eigenvalue weighted by Gasteiger charge is 2.23. The van der Waals surface area contributed by atoms with E-state index >= 15 is 0 Å². The number of hydrogen-bond donors (Lipinski definition) is 1. The fourth-order valence-corrected chi connectivity index (χ4v) is 4.29. The number of carbonyl (C=O) groups excluding carboxylic acids is 1. The quantitative estimate of drug-likeness (QED) is 0.587. The third-order valence-corrected chi connectivity index (χ3v) is 6.16. The Kier molecular flexibility index (Phi) is 6.68. The summed E-state index contributed by atoms with van der Waals surface area (Å²) in [6.45, 7) is 1.78. The van der Waals surface area contributed by atoms with E-state index in [-0.39, 0.29) is 23.9 Å². The Morgan fingerprint density at radius 1 is 0.967 bits per heavy atom. The molecule has 3 aromatic rings. The van der Waals surface area contributed by atoms with Crippen LogP contribution in [0, 0.1) is 5.82 Å². The van der Waals surface area contributed by atoms with Crippen molar-refractivity contribution in [3.05, 3.63) is 84.7 Å². The number of benzene rings is 3. The fourth-order valence-electron chi connectivity index (χ4n) is 2.80. The monoisotopic (exact) mass is 428 g/mol. The van der Waals surface area contributed by atoms with Gasteiger partial charge >= 0.3 is 0 Å². The maximum Gasteiger partial charge on any atom is 0.264 e. The van der Waals surface area contributed by atoms with Crippen molar-refractivity contribution < 1.29 is 22.3 Å². The topological polar surface area (TPSA) is 75.7 Å². The van der Waals surface area contributed by atoms with Crippen molar-refractivity contribution in [3.8, 4) is 5.75 Å². The van der Waals surface area contributed by atoms with Crippen LogP contribution in [0.15, 0.2) is 83.8 Å². The minimum absolute atomic E-state index is 0.213. The SMILES string of the molecule is CCN(c1ccc(OCC(=O)Nc2ccc(F)cc2)cc1)S(=O)(=O)c1ccccc1. The van der Waals surface area contributed by atoms with Crippen molar-refractivity contribution in [2.24, 2.45) is 0 Å². The minimum atomic E-state index is -3.68. The number of nitrogens with zero attached hydrogens (tertiary/aromatic N) is 1. The Hall–Kier alpha value is -3.39. The number of rotatable bonds is 8. The van der Waals surface area contributed by atoms with Crippen LogP contribution in [-0.4, -0.2) is 27.5 Å². The molecule has 8 heteroatoms. The van der Waals surface area contributed by atoms with Gasteiger partial charge in [-0.1, -0.05) is 18.2 Å². The normalized spacial score (nSPS) is 11.0. The molecular formula is C22H21FN2O4S. The maximum atomic E-state index is 12.9. The van der Waals surface area contributed by atoms with E-state index in [4.69, 9.17) is 4.74 Å². The molecular weight excluding hydrogens is 407 g/mol. The van der Waals surface area contributed by atoms with Gasteiger partial charge in [0.05, 0.1) is 10.6 Å². The summed E-state index contributed by atoms with van der Waals surface area (Å²) in [5.41, 5.74) is 0.953. The van der Waals surface area contributed by atoms with Crippen molar-refractivity contribution in [3.63, 3.8) is 0 Å². The third-order valence-electron chi connectivity index (χ3n) is 4.24. The molecule has 1 N–H and O–H groups in total. The van der Waals surface area contributed by atoms with Crippen molar-refractivity contribution in [2.45, 2.75) is 11.8 Å². The Bertz CT molecular complexity index is 1090. The summed E-state index contributed by atoms with van der Waals surface area (Å²) in [6, 6.07) is 20.1. The molecule has 0 aliphatic rings. The molecule has 0 bridgehead atoms. The first-order valence-corrected chi connectivity index (χ1v) is 10.7. The van der Waals surface area contributed by atoms with Gasteiger partial charge in [0.25, 0.3) is 15.9 Å². The smallest absolute Gasteiger partial charge is 0.264 e. The first-order valence-electron chi connectivity index (χ1n) is 9.26. The van der Waals surface area contributed by atoms with Crippen molar-refractivity contribution in [2.75, 3.05) is 22.8 Å². The Morgan fingerprint density at radius 3 is 2.20 bits per heavy atom. The molecule has 0 saturated heterocycles. The van der Waals surface area contributed by atoms with E-state index in [1.807, 2.05) is 0 Å². The lowest BCUT2D eigenvalue weighted by Crippen LogP contribution is -2.30. The van der Waals surface area contributed by atoms with Gasteiger partial charge in [-0.05, 0) is 67.6 Å². The lowest BCUT2D eigenvalue weighted by atomic mass is 10.3. The van der Waals surface area contributed by atoms with E-state index in [0.717, 1.165) is 0 Å². The summed E-state index contributed by atoms with van der Waals surface area (Å²) in [7, 11) is -3.68. The first kappa shape index (κ1) is 21.3. The van der Waals surface area contributed by atoms with Gasteiger partial charge in [0.2, 0.25) is 0 Å². The number of amides is 1. The highest BCUT2D eigenvalue weighted by Crippen LogP contribution is 2.25. The molecule has 3 rings (SSSR count). The van der Waals surface area contributed by atoms with Crippen molar-refractivity contribution >= 4 is 27.3 Å². The average molecular weight is 428 g/mol. The zero-order valence-electron chi connectivity index (χ0n) is 16.3. The molecule has 0 radical (unpaired) electrons. The van der Waals surface area contributed by atoms with Crippen LogP contribution in [-0.2, 0) is 14.8 Å². The summed E-state index contributed by atoms with van der Waals surface area (Å²) in [4.78, 5) is 12.2. The van der Waals surface area contributed by atoms with Crippen LogP contribution in [0.3, 0.4) is 0 Å². The van der Waals surface area contributed by atoms with Crippen molar-refractivity contribution in [1.82, 2.24) is 0 Å². The third kappa shape index (κ3) is 5.15. The lowest BCUT2D eigenvalue weighted by Gasteiger charge is -2.23. The van der Waals surface area contributed by atoms with Crippen LogP contribution < -0.4 is 14.4 Å². The van der Waals surface area contributed by atoms with Crippen LogP contribution in [0.1, 0.15) is 6.92 Å². The van der Waals surface area contributed by atoms with E-state index in [2.05, 4.69) is 5.32 Å². The molecule has 0 saturated carbocycles. The van der Waals surface area contributed by atoms with E-state index in [0.29, 0.717) is 17.1 Å². The van der Waals surface area contributed by atoms with E-state index < -0.39 is 15.9 Å². The molecule has 0 unspecified atom stereocenters. The first-order chi connectivity index (χ1) is 14.4. The van der Waals surface area contributed by atoms with E-state index in [1.54, 1.807) is 61.5 Å². The summed E-state index contributed by atoms with van der Waals surface area (Å²) in [5.74, 6) is -0.367. The number of ether oxygens (including phenoxy) is 1. The molecule has 30 heavy (non-hydrogen) atoms. The molecule has 0 aliphatic carbocycles. The second kappa shape index (κ2) is 9.41. The van der Waals surface area contributed by atoms with Gasteiger partial charge < -0.3 is 10.1 Å². The number of anilines is 2. The van der Waals surface area contributed by atoms with Gasteiger partial charge in [-0.25, -0.2) is 12.8 Å². The highest BCUT2D eigenvalue weighted by atomic mass is 32.2. The number of hydrogen-bond acceptors (Lipinski definition) is 4. The zero-order chi connectivity index (χ0) is 21.6. The number of nitrogens with one attached hydrogen (secondary N) is 1. The number of carbonyl (C=O) groups is 1. The van der Waals surface area contributed by atoms with Gasteiger partial charge in [-0.3, -0.25) is 9.10 Å². The fraction of sp³-hybridized carbons (Fsp3) is 0.136. The number of halogens is 1. The summed E-state index contributed by atoms with van der Waals surface area (Å²) >= 11 is 0. The average Bonchev–Trinajstić information content (AvgIpc) is 2.76. The van der Waals surface area contributed by atoms with Gasteiger partial charge in [0.15, 0.2) is 6.61 Å². The molecule has 0 aromatic heterocycles. The standard InChI is InChI=1S/C22H21FN2O4S/c1-2-25(30(27,28)21-6-4-3-5-7-21)19-12-14-20(15-13-19)29-16-22(26)24-18-10-8-17(23)9-11-18/h3-15H,2,16H2,1H3,(H,24,26). The maximum absolute atomic E-state index is 12.9. The van der Waals surface area contributed by atoms with Crippen molar-refractivity contribution in [1.29, 1.82) is 0 Å². The van der Waals surface area contributed by atoms with Gasteiger partial charge in [-0.2, -0.15) is 0 Å². The van der Waals surface area contributed by atoms with E-state index in [1.165, 1.54) is 28.6 Å². The second-order valence-corrected chi connectivity index (χ2v) is 8.18. The Morgan fingerprint density at radius 2 is 1.60 bits per heavy atom. The molecule has 156 valence electrons. The van der Waals surface area contributed by atoms with Crippen LogP contribution >= 0.6 is 0 Å². The van der Waals surface area contributed by atoms with Crippen LogP contribution in [0.4, 0.5) is 15.8 Å². The predicted octanol–water partition coefficient (Wildman–Crippen LogP) is 4.06. The Labute approximate surface area is 175 Å². The van der Waals surface area contributed by atoms with Gasteiger partial charge in [-0.15, -0.1) is 0 Å². The van der Waals surface area contributed by atoms with Gasteiger partial charge in [0.1, 0.15) is 11.6 Å². The molecule has 0 fully saturated rings. The molecule has 0 atom stereocenters. The minimum Gasteiger partial charge on any atom is -0.484 e. The Balaban J connectivity index is 1.63. The zero-order valence-corrected chi connectivity index (χ0v) is 17.1. The van der Waals surface area contributed by atoms with Gasteiger partial charge in [0, 0.05) is 12.2 Å². The predicted molar refractivity (Wildman–Crippen MR) is 114 cm³/mol. The largest absolute Gasteiger partial charge is 0.484 e. The molecule has 6 nitrogen and oxygen atoms in total. The summed E-state index contributed by atoms with van der Waals surface area (Å²) < 4.78 is 45.4. The lowest BCUT2D eigenvalue weighted by molar-refractivity contribution is -0.118. The number of sulfonamides is 1. The van der Waals surface area contributed by atoms with Crippen LogP contribution in [0.5, 0.6) is 5.75 Å².